The van der Waals surface area contributed by atoms with Gasteiger partial charge in [-0.2, -0.15) is 0 Å². The summed E-state index contributed by atoms with van der Waals surface area (Å²) in [5.41, 5.74) is 2.99. The third-order valence-corrected chi connectivity index (χ3v) is 4.18. The van der Waals surface area contributed by atoms with E-state index in [1.165, 1.54) is 5.56 Å². The first-order valence-corrected chi connectivity index (χ1v) is 7.62. The van der Waals surface area contributed by atoms with E-state index in [0.29, 0.717) is 24.5 Å². The van der Waals surface area contributed by atoms with Gasteiger partial charge in [0.1, 0.15) is 23.1 Å². The zero-order chi connectivity index (χ0) is 16.4. The molecule has 1 aliphatic heterocycles. The highest BCUT2D eigenvalue weighted by Crippen LogP contribution is 2.28. The lowest BCUT2D eigenvalue weighted by atomic mass is 9.97. The number of hydrogen-bond acceptors (Lipinski definition) is 5. The lowest BCUT2D eigenvalue weighted by molar-refractivity contribution is 0.0199. The zero-order valence-corrected chi connectivity index (χ0v) is 13.3. The molecular weight excluding hydrogens is 296 g/mol. The molecule has 0 radical (unpaired) electrons. The average Bonchev–Trinajstić information content (AvgIpc) is 2.95. The monoisotopic (exact) mass is 316 g/mol. The minimum atomic E-state index is -0.324. The Bertz CT molecular complexity index is 710. The first kappa shape index (κ1) is 15.7. The van der Waals surface area contributed by atoms with Gasteiger partial charge in [-0.1, -0.05) is 29.4 Å². The number of benzene rings is 1. The summed E-state index contributed by atoms with van der Waals surface area (Å²) in [5, 5.41) is 13.0. The second-order valence-corrected chi connectivity index (χ2v) is 5.71. The van der Waals surface area contributed by atoms with Crippen LogP contribution in [-0.2, 0) is 17.8 Å². The molecule has 6 heteroatoms. The van der Waals surface area contributed by atoms with Gasteiger partial charge in [-0.15, -0.1) is 0 Å². The summed E-state index contributed by atoms with van der Waals surface area (Å²) in [6.45, 7) is 2.43. The standard InChI is InChI=1S/C17H20N2O4/c1-11-16(14(10-20)18-23-11)17(21)19(2)9-15-13-6-4-3-5-12(13)7-8-22-15/h3-6,15,20H,7-10H2,1-2H3. The maximum Gasteiger partial charge on any atom is 0.259 e. The molecule has 6 nitrogen and oxygen atoms in total. The van der Waals surface area contributed by atoms with E-state index in [9.17, 15) is 9.90 Å². The number of amides is 1. The average molecular weight is 316 g/mol. The molecule has 0 bridgehead atoms. The van der Waals surface area contributed by atoms with Gasteiger partial charge in [-0.25, -0.2) is 0 Å². The molecule has 1 aliphatic rings. The Kier molecular flexibility index (Phi) is 4.45. The largest absolute Gasteiger partial charge is 0.390 e. The van der Waals surface area contributed by atoms with E-state index < -0.39 is 0 Å². The Labute approximate surface area is 134 Å². The molecule has 0 spiro atoms. The predicted octanol–water partition coefficient (Wildman–Crippen LogP) is 1.86. The van der Waals surface area contributed by atoms with E-state index in [4.69, 9.17) is 9.26 Å². The van der Waals surface area contributed by atoms with Crippen LogP contribution in [0.5, 0.6) is 0 Å². The van der Waals surface area contributed by atoms with Gasteiger partial charge in [0.25, 0.3) is 5.91 Å². The number of fused-ring (bicyclic) bond motifs is 1. The molecule has 1 aromatic carbocycles. The Morgan fingerprint density at radius 1 is 1.43 bits per heavy atom. The van der Waals surface area contributed by atoms with Gasteiger partial charge in [0, 0.05) is 7.05 Å². The minimum absolute atomic E-state index is 0.147. The molecule has 0 aliphatic carbocycles. The molecule has 0 saturated carbocycles. The molecule has 1 amide bonds. The fraction of sp³-hybridized carbons (Fsp3) is 0.412. The predicted molar refractivity (Wildman–Crippen MR) is 83.0 cm³/mol. The quantitative estimate of drug-likeness (QED) is 0.932. The van der Waals surface area contributed by atoms with Crippen LogP contribution in [0.2, 0.25) is 0 Å². The van der Waals surface area contributed by atoms with Crippen molar-refractivity contribution >= 4 is 5.91 Å². The molecule has 1 atom stereocenters. The van der Waals surface area contributed by atoms with Crippen LogP contribution in [0.15, 0.2) is 28.8 Å². The third-order valence-electron chi connectivity index (χ3n) is 4.18. The second kappa shape index (κ2) is 6.52. The van der Waals surface area contributed by atoms with Gasteiger partial charge >= 0.3 is 0 Å². The summed E-state index contributed by atoms with van der Waals surface area (Å²) in [7, 11) is 1.72. The van der Waals surface area contributed by atoms with Crippen molar-refractivity contribution in [2.75, 3.05) is 20.2 Å². The van der Waals surface area contributed by atoms with Gasteiger partial charge in [0.05, 0.1) is 19.8 Å². The highest BCUT2D eigenvalue weighted by Gasteiger charge is 2.27. The van der Waals surface area contributed by atoms with E-state index in [-0.39, 0.29) is 24.3 Å². The summed E-state index contributed by atoms with van der Waals surface area (Å²) >= 11 is 0. The summed E-state index contributed by atoms with van der Waals surface area (Å²) in [4.78, 5) is 14.2. The first-order valence-electron chi connectivity index (χ1n) is 7.62. The summed E-state index contributed by atoms with van der Waals surface area (Å²) in [6.07, 6.45) is 0.746. The molecular formula is C17H20N2O4. The summed E-state index contributed by atoms with van der Waals surface area (Å²) < 4.78 is 10.9. The van der Waals surface area contributed by atoms with E-state index in [0.717, 1.165) is 12.0 Å². The number of ether oxygens (including phenoxy) is 1. The molecule has 1 N–H and O–H groups in total. The van der Waals surface area contributed by atoms with Crippen LogP contribution < -0.4 is 0 Å². The Morgan fingerprint density at radius 3 is 3.00 bits per heavy atom. The third kappa shape index (κ3) is 3.00. The number of hydrogen-bond donors (Lipinski definition) is 1. The number of rotatable bonds is 4. The van der Waals surface area contributed by atoms with Crippen molar-refractivity contribution in [3.8, 4) is 0 Å². The number of carbonyl (C=O) groups is 1. The fourth-order valence-corrected chi connectivity index (χ4v) is 2.95. The van der Waals surface area contributed by atoms with Crippen molar-refractivity contribution in [3.63, 3.8) is 0 Å². The number of aliphatic hydroxyl groups is 1. The number of carbonyl (C=O) groups excluding carboxylic acids is 1. The molecule has 2 heterocycles. The van der Waals surface area contributed by atoms with Crippen molar-refractivity contribution in [2.24, 2.45) is 0 Å². The van der Waals surface area contributed by atoms with Gasteiger partial charge in [0.2, 0.25) is 0 Å². The van der Waals surface area contributed by atoms with Crippen molar-refractivity contribution in [3.05, 3.63) is 52.4 Å². The normalized spacial score (nSPS) is 16.9. The minimum Gasteiger partial charge on any atom is -0.390 e. The number of aliphatic hydroxyl groups excluding tert-OH is 1. The maximum atomic E-state index is 12.7. The van der Waals surface area contributed by atoms with E-state index in [1.54, 1.807) is 18.9 Å². The lowest BCUT2D eigenvalue weighted by Gasteiger charge is -2.29. The molecule has 122 valence electrons. The number of likely N-dealkylation sites (N-methyl/N-ethyl adjacent to an activating group) is 1. The molecule has 0 saturated heterocycles. The molecule has 23 heavy (non-hydrogen) atoms. The van der Waals surface area contributed by atoms with Crippen LogP contribution in [0.25, 0.3) is 0 Å². The topological polar surface area (TPSA) is 75.8 Å². The Hall–Kier alpha value is -2.18. The van der Waals surface area contributed by atoms with Crippen LogP contribution in [0.1, 0.15) is 39.0 Å². The van der Waals surface area contributed by atoms with Crippen LogP contribution >= 0.6 is 0 Å². The molecule has 0 fully saturated rings. The van der Waals surface area contributed by atoms with E-state index in [2.05, 4.69) is 11.2 Å². The number of aromatic nitrogens is 1. The number of aryl methyl sites for hydroxylation is 1. The van der Waals surface area contributed by atoms with Gasteiger partial charge in [-0.05, 0) is 24.5 Å². The van der Waals surface area contributed by atoms with Gasteiger partial charge < -0.3 is 19.3 Å². The van der Waals surface area contributed by atoms with Crippen molar-refractivity contribution in [1.82, 2.24) is 10.1 Å². The lowest BCUT2D eigenvalue weighted by Crippen LogP contribution is -2.34. The Morgan fingerprint density at radius 2 is 2.22 bits per heavy atom. The highest BCUT2D eigenvalue weighted by molar-refractivity contribution is 5.96. The van der Waals surface area contributed by atoms with Gasteiger partial charge in [-0.3, -0.25) is 4.79 Å². The molecule has 3 rings (SSSR count). The Balaban J connectivity index is 1.79. The second-order valence-electron chi connectivity index (χ2n) is 5.71. The van der Waals surface area contributed by atoms with Gasteiger partial charge in [0.15, 0.2) is 0 Å². The van der Waals surface area contributed by atoms with Crippen molar-refractivity contribution in [2.45, 2.75) is 26.1 Å². The van der Waals surface area contributed by atoms with Crippen LogP contribution in [-0.4, -0.2) is 41.3 Å². The summed E-state index contributed by atoms with van der Waals surface area (Å²) in [5.74, 6) is 0.190. The van der Waals surface area contributed by atoms with Crippen molar-refractivity contribution < 1.29 is 19.2 Å². The fourth-order valence-electron chi connectivity index (χ4n) is 2.95. The maximum absolute atomic E-state index is 12.7. The van der Waals surface area contributed by atoms with Crippen LogP contribution in [0, 0.1) is 6.92 Å². The summed E-state index contributed by atoms with van der Waals surface area (Å²) in [6, 6.07) is 8.14. The number of nitrogens with zero attached hydrogens (tertiary/aromatic N) is 2. The molecule has 2 aromatic rings. The van der Waals surface area contributed by atoms with Crippen LogP contribution in [0.3, 0.4) is 0 Å². The van der Waals surface area contributed by atoms with Crippen LogP contribution in [0.4, 0.5) is 0 Å². The van der Waals surface area contributed by atoms with Crippen molar-refractivity contribution in [1.29, 1.82) is 0 Å². The molecule has 1 aromatic heterocycles. The van der Waals surface area contributed by atoms with E-state index in [1.807, 2.05) is 18.2 Å². The zero-order valence-electron chi connectivity index (χ0n) is 13.3. The van der Waals surface area contributed by atoms with E-state index >= 15 is 0 Å². The highest BCUT2D eigenvalue weighted by atomic mass is 16.5. The SMILES string of the molecule is Cc1onc(CO)c1C(=O)N(C)CC1OCCc2ccccc21. The first-order chi connectivity index (χ1) is 11.1. The molecule has 1 unspecified atom stereocenters. The smallest absolute Gasteiger partial charge is 0.259 e.